The molecule has 0 atom stereocenters. The van der Waals surface area contributed by atoms with Gasteiger partial charge in [-0.25, -0.2) is 4.98 Å². The maximum atomic E-state index is 12.2. The van der Waals surface area contributed by atoms with Gasteiger partial charge in [0.2, 0.25) is 0 Å². The van der Waals surface area contributed by atoms with E-state index in [0.29, 0.717) is 12.3 Å². The van der Waals surface area contributed by atoms with Gasteiger partial charge in [0.15, 0.2) is 5.82 Å². The first kappa shape index (κ1) is 16.3. The summed E-state index contributed by atoms with van der Waals surface area (Å²) in [5.41, 5.74) is 1.12. The fraction of sp³-hybridized carbons (Fsp3) is 0.118. The van der Waals surface area contributed by atoms with Crippen LogP contribution in [0.2, 0.25) is 0 Å². The van der Waals surface area contributed by atoms with Crippen molar-refractivity contribution in [2.45, 2.75) is 13.5 Å². The van der Waals surface area contributed by atoms with E-state index < -0.39 is 5.91 Å². The van der Waals surface area contributed by atoms with Gasteiger partial charge < -0.3 is 15.2 Å². The van der Waals surface area contributed by atoms with Crippen LogP contribution in [0.5, 0.6) is 0 Å². The molecular weight excluding hydrogens is 322 g/mol. The van der Waals surface area contributed by atoms with E-state index in [2.05, 4.69) is 25.8 Å². The highest BCUT2D eigenvalue weighted by molar-refractivity contribution is 6.03. The summed E-state index contributed by atoms with van der Waals surface area (Å²) in [5.74, 6) is 0.00788. The van der Waals surface area contributed by atoms with Crippen LogP contribution >= 0.6 is 0 Å². The monoisotopic (exact) mass is 337 g/mol. The number of hydrogen-bond acceptors (Lipinski definition) is 6. The van der Waals surface area contributed by atoms with Crippen molar-refractivity contribution >= 4 is 17.6 Å². The van der Waals surface area contributed by atoms with Crippen LogP contribution in [0.25, 0.3) is 0 Å². The SMILES string of the molecule is Cc1cc(NC(=O)c2cccc(C(=O)NCc3cccnc3)n2)no1. The molecule has 3 rings (SSSR count). The Morgan fingerprint density at radius 2 is 1.92 bits per heavy atom. The lowest BCUT2D eigenvalue weighted by atomic mass is 10.2. The predicted octanol–water partition coefficient (Wildman–Crippen LogP) is 1.96. The molecule has 126 valence electrons. The molecule has 0 saturated carbocycles. The van der Waals surface area contributed by atoms with Crippen molar-refractivity contribution in [3.63, 3.8) is 0 Å². The molecule has 0 unspecified atom stereocenters. The lowest BCUT2D eigenvalue weighted by Gasteiger charge is -2.06. The zero-order valence-corrected chi connectivity index (χ0v) is 13.4. The third-order valence-electron chi connectivity index (χ3n) is 3.26. The molecule has 0 aliphatic rings. The van der Waals surface area contributed by atoms with Gasteiger partial charge in [-0.1, -0.05) is 17.3 Å². The van der Waals surface area contributed by atoms with Crippen molar-refractivity contribution in [1.29, 1.82) is 0 Å². The van der Waals surface area contributed by atoms with Crippen LogP contribution < -0.4 is 10.6 Å². The summed E-state index contributed by atoms with van der Waals surface area (Å²) < 4.78 is 4.88. The van der Waals surface area contributed by atoms with E-state index in [9.17, 15) is 9.59 Å². The number of aromatic nitrogens is 3. The molecule has 0 aliphatic heterocycles. The topological polar surface area (TPSA) is 110 Å². The van der Waals surface area contributed by atoms with Crippen LogP contribution in [0.1, 0.15) is 32.3 Å². The van der Waals surface area contributed by atoms with Gasteiger partial charge in [0.1, 0.15) is 17.1 Å². The molecule has 3 aromatic rings. The first-order valence-corrected chi connectivity index (χ1v) is 7.50. The number of carbonyl (C=O) groups excluding carboxylic acids is 2. The number of nitrogens with one attached hydrogen (secondary N) is 2. The van der Waals surface area contributed by atoms with Crippen LogP contribution in [-0.4, -0.2) is 26.9 Å². The minimum absolute atomic E-state index is 0.106. The Bertz CT molecular complexity index is 892. The molecule has 25 heavy (non-hydrogen) atoms. The van der Waals surface area contributed by atoms with Gasteiger partial charge in [0, 0.05) is 25.0 Å². The molecule has 8 nitrogen and oxygen atoms in total. The van der Waals surface area contributed by atoms with E-state index >= 15 is 0 Å². The Hall–Kier alpha value is -3.55. The van der Waals surface area contributed by atoms with Gasteiger partial charge in [-0.2, -0.15) is 0 Å². The predicted molar refractivity (Wildman–Crippen MR) is 88.8 cm³/mol. The van der Waals surface area contributed by atoms with Crippen LogP contribution in [0.15, 0.2) is 53.3 Å². The third-order valence-corrected chi connectivity index (χ3v) is 3.26. The highest BCUT2D eigenvalue weighted by Gasteiger charge is 2.13. The number of rotatable bonds is 5. The molecule has 8 heteroatoms. The number of carbonyl (C=O) groups is 2. The highest BCUT2D eigenvalue weighted by atomic mass is 16.5. The summed E-state index contributed by atoms with van der Waals surface area (Å²) in [7, 11) is 0. The summed E-state index contributed by atoms with van der Waals surface area (Å²) in [6.45, 7) is 2.04. The van der Waals surface area contributed by atoms with Gasteiger partial charge in [-0.15, -0.1) is 0 Å². The number of nitrogens with zero attached hydrogens (tertiary/aromatic N) is 3. The van der Waals surface area contributed by atoms with Crippen molar-refractivity contribution in [2.75, 3.05) is 5.32 Å². The molecule has 0 fully saturated rings. The summed E-state index contributed by atoms with van der Waals surface area (Å²) >= 11 is 0. The van der Waals surface area contributed by atoms with E-state index in [-0.39, 0.29) is 23.1 Å². The highest BCUT2D eigenvalue weighted by Crippen LogP contribution is 2.09. The molecule has 2 amide bonds. The Balaban J connectivity index is 1.66. The number of aryl methyl sites for hydroxylation is 1. The van der Waals surface area contributed by atoms with Crippen LogP contribution in [0.4, 0.5) is 5.82 Å². The van der Waals surface area contributed by atoms with Crippen molar-refractivity contribution in [1.82, 2.24) is 20.4 Å². The first-order valence-electron chi connectivity index (χ1n) is 7.50. The molecule has 3 aromatic heterocycles. The number of anilines is 1. The summed E-state index contributed by atoms with van der Waals surface area (Å²) in [6, 6.07) is 9.87. The van der Waals surface area contributed by atoms with Crippen molar-refractivity contribution in [3.05, 3.63) is 71.5 Å². The molecule has 2 N–H and O–H groups in total. The van der Waals surface area contributed by atoms with Crippen LogP contribution in [0, 0.1) is 6.92 Å². The second-order valence-corrected chi connectivity index (χ2v) is 5.23. The van der Waals surface area contributed by atoms with Crippen LogP contribution in [-0.2, 0) is 6.54 Å². The molecule has 0 spiro atoms. The second-order valence-electron chi connectivity index (χ2n) is 5.23. The van der Waals surface area contributed by atoms with Crippen LogP contribution in [0.3, 0.4) is 0 Å². The van der Waals surface area contributed by atoms with E-state index in [1.807, 2.05) is 6.07 Å². The fourth-order valence-corrected chi connectivity index (χ4v) is 2.07. The molecular formula is C17H15N5O3. The lowest BCUT2D eigenvalue weighted by Crippen LogP contribution is -2.25. The fourth-order valence-electron chi connectivity index (χ4n) is 2.07. The molecule has 0 saturated heterocycles. The Labute approximate surface area is 143 Å². The minimum atomic E-state index is -0.477. The molecule has 0 radical (unpaired) electrons. The standard InChI is InChI=1S/C17H15N5O3/c1-11-8-15(22-25-11)21-17(24)14-6-2-5-13(20-14)16(23)19-10-12-4-3-7-18-9-12/h2-9H,10H2,1H3,(H,19,23)(H,21,22,24). The van der Waals surface area contributed by atoms with Crippen molar-refractivity contribution in [2.24, 2.45) is 0 Å². The zero-order chi connectivity index (χ0) is 17.6. The Morgan fingerprint density at radius 1 is 1.12 bits per heavy atom. The van der Waals surface area contributed by atoms with Gasteiger partial charge in [-0.3, -0.25) is 14.6 Å². The zero-order valence-electron chi connectivity index (χ0n) is 13.4. The third kappa shape index (κ3) is 4.25. The molecule has 3 heterocycles. The number of hydrogen-bond donors (Lipinski definition) is 2. The van der Waals surface area contributed by atoms with Crippen molar-refractivity contribution < 1.29 is 14.1 Å². The van der Waals surface area contributed by atoms with Crippen molar-refractivity contribution in [3.8, 4) is 0 Å². The quantitative estimate of drug-likeness (QED) is 0.736. The summed E-state index contributed by atoms with van der Waals surface area (Å²) in [5, 5.41) is 8.97. The number of pyridine rings is 2. The smallest absolute Gasteiger partial charge is 0.275 e. The van der Waals surface area contributed by atoms with E-state index in [0.717, 1.165) is 5.56 Å². The molecule has 0 bridgehead atoms. The minimum Gasteiger partial charge on any atom is -0.360 e. The van der Waals surface area contributed by atoms with Gasteiger partial charge >= 0.3 is 0 Å². The largest absolute Gasteiger partial charge is 0.360 e. The summed E-state index contributed by atoms with van der Waals surface area (Å²) in [6.07, 6.45) is 3.32. The van der Waals surface area contributed by atoms with E-state index in [1.165, 1.54) is 12.1 Å². The number of amides is 2. The van der Waals surface area contributed by atoms with Gasteiger partial charge in [0.05, 0.1) is 0 Å². The maximum Gasteiger partial charge on any atom is 0.275 e. The molecule has 0 aromatic carbocycles. The average molecular weight is 337 g/mol. The average Bonchev–Trinajstić information content (AvgIpc) is 3.05. The summed E-state index contributed by atoms with van der Waals surface area (Å²) in [4.78, 5) is 32.5. The second kappa shape index (κ2) is 7.35. The first-order chi connectivity index (χ1) is 12.1. The van der Waals surface area contributed by atoms with E-state index in [4.69, 9.17) is 4.52 Å². The molecule has 0 aliphatic carbocycles. The Kier molecular flexibility index (Phi) is 4.79. The van der Waals surface area contributed by atoms with E-state index in [1.54, 1.807) is 37.5 Å². The van der Waals surface area contributed by atoms with Gasteiger partial charge in [-0.05, 0) is 30.7 Å². The Morgan fingerprint density at radius 3 is 2.60 bits per heavy atom. The normalized spacial score (nSPS) is 10.3. The maximum absolute atomic E-state index is 12.2. The lowest BCUT2D eigenvalue weighted by molar-refractivity contribution is 0.0945. The van der Waals surface area contributed by atoms with Gasteiger partial charge in [0.25, 0.3) is 11.8 Å².